The van der Waals surface area contributed by atoms with E-state index in [1.165, 1.54) is 18.4 Å². The summed E-state index contributed by atoms with van der Waals surface area (Å²) < 4.78 is 5.26. The number of nitrogens with one attached hydrogen (secondary N) is 1. The molecule has 1 unspecified atom stereocenters. The summed E-state index contributed by atoms with van der Waals surface area (Å²) in [4.78, 5) is 30.9. The average Bonchev–Trinajstić information content (AvgIpc) is 3.58. The number of hydrogen-bond donors (Lipinski definition) is 1. The van der Waals surface area contributed by atoms with E-state index in [1.54, 1.807) is 7.11 Å². The highest BCUT2D eigenvalue weighted by atomic mass is 16.5. The molecular formula is C31H41N3O3. The molecule has 5 rings (SSSR count). The lowest BCUT2D eigenvalue weighted by Gasteiger charge is -2.38. The van der Waals surface area contributed by atoms with Crippen molar-refractivity contribution < 1.29 is 14.3 Å². The van der Waals surface area contributed by atoms with E-state index in [2.05, 4.69) is 34.5 Å². The third-order valence-corrected chi connectivity index (χ3v) is 8.93. The highest BCUT2D eigenvalue weighted by molar-refractivity contribution is 5.85. The van der Waals surface area contributed by atoms with Gasteiger partial charge in [-0.05, 0) is 74.9 Å². The zero-order valence-electron chi connectivity index (χ0n) is 22.2. The van der Waals surface area contributed by atoms with Crippen LogP contribution in [0.1, 0.15) is 68.5 Å². The van der Waals surface area contributed by atoms with Gasteiger partial charge in [-0.25, -0.2) is 0 Å². The van der Waals surface area contributed by atoms with Crippen molar-refractivity contribution in [2.45, 2.75) is 64.0 Å². The number of rotatable bonds is 9. The second kappa shape index (κ2) is 11.7. The molecule has 2 amide bonds. The SMILES string of the molecule is COc1ccc(CN2CCC3(CCN(CCC(NC(=O)C4CCCC4)c4ccccc4)CC3)C2=O)cc1. The molecule has 1 atom stereocenters. The van der Waals surface area contributed by atoms with Crippen molar-refractivity contribution in [1.82, 2.24) is 15.1 Å². The topological polar surface area (TPSA) is 61.9 Å². The van der Waals surface area contributed by atoms with Crippen LogP contribution in [-0.2, 0) is 16.1 Å². The van der Waals surface area contributed by atoms with Gasteiger partial charge < -0.3 is 19.9 Å². The van der Waals surface area contributed by atoms with E-state index in [0.29, 0.717) is 12.5 Å². The average molecular weight is 504 g/mol. The first-order valence-electron chi connectivity index (χ1n) is 14.1. The molecule has 3 fully saturated rings. The van der Waals surface area contributed by atoms with E-state index in [9.17, 15) is 9.59 Å². The fourth-order valence-electron chi connectivity index (χ4n) is 6.46. The van der Waals surface area contributed by atoms with Gasteiger partial charge in [-0.15, -0.1) is 0 Å². The minimum absolute atomic E-state index is 0.0401. The number of benzene rings is 2. The van der Waals surface area contributed by atoms with Gasteiger partial charge in [0.1, 0.15) is 5.75 Å². The molecule has 0 bridgehead atoms. The van der Waals surface area contributed by atoms with Gasteiger partial charge in [0.15, 0.2) is 0 Å². The number of ether oxygens (including phenoxy) is 1. The number of carbonyl (C=O) groups is 2. The van der Waals surface area contributed by atoms with E-state index in [1.807, 2.05) is 35.2 Å². The van der Waals surface area contributed by atoms with Gasteiger partial charge in [-0.1, -0.05) is 55.3 Å². The van der Waals surface area contributed by atoms with Crippen molar-refractivity contribution in [3.05, 3.63) is 65.7 Å². The molecule has 6 nitrogen and oxygen atoms in total. The van der Waals surface area contributed by atoms with E-state index in [4.69, 9.17) is 4.74 Å². The van der Waals surface area contributed by atoms with Crippen LogP contribution in [0.3, 0.4) is 0 Å². The summed E-state index contributed by atoms with van der Waals surface area (Å²) in [6.07, 6.45) is 8.08. The van der Waals surface area contributed by atoms with Crippen LogP contribution < -0.4 is 10.1 Å². The first-order chi connectivity index (χ1) is 18.1. The summed E-state index contributed by atoms with van der Waals surface area (Å²) in [6.45, 7) is 4.34. The number of carbonyl (C=O) groups excluding carboxylic acids is 2. The summed E-state index contributed by atoms with van der Waals surface area (Å²) in [5.74, 6) is 1.56. The van der Waals surface area contributed by atoms with Crippen LogP contribution in [0, 0.1) is 11.3 Å². The van der Waals surface area contributed by atoms with Crippen molar-refractivity contribution >= 4 is 11.8 Å². The molecular weight excluding hydrogens is 462 g/mol. The monoisotopic (exact) mass is 503 g/mol. The van der Waals surface area contributed by atoms with Crippen LogP contribution in [0.15, 0.2) is 54.6 Å². The standard InChI is InChI=1S/C31H41N3O3/c1-37-27-13-11-24(12-14-27)23-34-22-18-31(30(34)36)16-20-33(21-17-31)19-15-28(25-7-3-2-4-8-25)32-29(35)26-9-5-6-10-26/h2-4,7-8,11-14,26,28H,5-6,9-10,15-23H2,1H3,(H,32,35). The summed E-state index contributed by atoms with van der Waals surface area (Å²) in [5, 5.41) is 3.37. The molecule has 2 aliphatic heterocycles. The predicted octanol–water partition coefficient (Wildman–Crippen LogP) is 4.95. The quantitative estimate of drug-likeness (QED) is 0.526. The molecule has 3 aliphatic rings. The molecule has 2 heterocycles. The molecule has 1 aliphatic carbocycles. The first-order valence-corrected chi connectivity index (χ1v) is 14.1. The summed E-state index contributed by atoms with van der Waals surface area (Å²) in [5.41, 5.74) is 2.14. The number of nitrogens with zero attached hydrogens (tertiary/aromatic N) is 2. The molecule has 1 spiro atoms. The van der Waals surface area contributed by atoms with E-state index in [-0.39, 0.29) is 23.3 Å². The number of likely N-dealkylation sites (tertiary alicyclic amines) is 2. The fourth-order valence-corrected chi connectivity index (χ4v) is 6.46. The highest BCUT2D eigenvalue weighted by Crippen LogP contribution is 2.42. The Hall–Kier alpha value is -2.86. The predicted molar refractivity (Wildman–Crippen MR) is 145 cm³/mol. The van der Waals surface area contributed by atoms with E-state index in [0.717, 1.165) is 76.0 Å². The van der Waals surface area contributed by atoms with Crippen molar-refractivity contribution in [2.24, 2.45) is 11.3 Å². The Morgan fingerprint density at radius 2 is 1.68 bits per heavy atom. The van der Waals surface area contributed by atoms with E-state index >= 15 is 0 Å². The Morgan fingerprint density at radius 1 is 1.00 bits per heavy atom. The maximum atomic E-state index is 13.4. The molecule has 2 aromatic carbocycles. The normalized spacial score (nSPS) is 20.9. The number of methoxy groups -OCH3 is 1. The second-order valence-corrected chi connectivity index (χ2v) is 11.2. The fraction of sp³-hybridized carbons (Fsp3) is 0.548. The number of hydrogen-bond acceptors (Lipinski definition) is 4. The molecule has 1 N–H and O–H groups in total. The van der Waals surface area contributed by atoms with E-state index < -0.39 is 0 Å². The lowest BCUT2D eigenvalue weighted by atomic mass is 9.77. The molecule has 198 valence electrons. The zero-order chi connectivity index (χ0) is 25.7. The second-order valence-electron chi connectivity index (χ2n) is 11.2. The lowest BCUT2D eigenvalue weighted by molar-refractivity contribution is -0.139. The third-order valence-electron chi connectivity index (χ3n) is 8.93. The molecule has 37 heavy (non-hydrogen) atoms. The Labute approximate surface area is 221 Å². The smallest absolute Gasteiger partial charge is 0.229 e. The van der Waals surface area contributed by atoms with Crippen molar-refractivity contribution in [3.8, 4) is 5.75 Å². The zero-order valence-corrected chi connectivity index (χ0v) is 22.2. The molecule has 1 saturated carbocycles. The Balaban J connectivity index is 1.14. The van der Waals surface area contributed by atoms with Gasteiger partial charge in [0.2, 0.25) is 11.8 Å². The first kappa shape index (κ1) is 25.8. The van der Waals surface area contributed by atoms with Crippen LogP contribution >= 0.6 is 0 Å². The van der Waals surface area contributed by atoms with Gasteiger partial charge in [-0.3, -0.25) is 9.59 Å². The summed E-state index contributed by atoms with van der Waals surface area (Å²) in [7, 11) is 1.67. The van der Waals surface area contributed by atoms with Crippen LogP contribution in [0.5, 0.6) is 5.75 Å². The van der Waals surface area contributed by atoms with Crippen LogP contribution in [0.25, 0.3) is 0 Å². The lowest BCUT2D eigenvalue weighted by Crippen LogP contribution is -2.45. The van der Waals surface area contributed by atoms with Gasteiger partial charge in [-0.2, -0.15) is 0 Å². The van der Waals surface area contributed by atoms with Crippen LogP contribution in [0.4, 0.5) is 0 Å². The third kappa shape index (κ3) is 6.01. The van der Waals surface area contributed by atoms with Gasteiger partial charge >= 0.3 is 0 Å². The molecule has 0 radical (unpaired) electrons. The molecule has 2 saturated heterocycles. The number of amides is 2. The van der Waals surface area contributed by atoms with Gasteiger partial charge in [0, 0.05) is 25.6 Å². The van der Waals surface area contributed by atoms with Gasteiger partial charge in [0.05, 0.1) is 18.6 Å². The van der Waals surface area contributed by atoms with Gasteiger partial charge in [0.25, 0.3) is 0 Å². The molecule has 6 heteroatoms. The number of piperidine rings is 1. The Bertz CT molecular complexity index is 1040. The highest BCUT2D eigenvalue weighted by Gasteiger charge is 2.47. The minimum Gasteiger partial charge on any atom is -0.497 e. The molecule has 0 aromatic heterocycles. The molecule has 2 aromatic rings. The van der Waals surface area contributed by atoms with Crippen molar-refractivity contribution in [1.29, 1.82) is 0 Å². The Morgan fingerprint density at radius 3 is 2.35 bits per heavy atom. The minimum atomic E-state index is -0.196. The van der Waals surface area contributed by atoms with Crippen LogP contribution in [0.2, 0.25) is 0 Å². The van der Waals surface area contributed by atoms with Crippen LogP contribution in [-0.4, -0.2) is 54.9 Å². The summed E-state index contributed by atoms with van der Waals surface area (Å²) in [6, 6.07) is 18.4. The maximum Gasteiger partial charge on any atom is 0.229 e. The van der Waals surface area contributed by atoms with Crippen molar-refractivity contribution in [3.63, 3.8) is 0 Å². The Kier molecular flexibility index (Phi) is 8.14. The van der Waals surface area contributed by atoms with Crippen molar-refractivity contribution in [2.75, 3.05) is 33.3 Å². The largest absolute Gasteiger partial charge is 0.497 e. The summed E-state index contributed by atoms with van der Waals surface area (Å²) >= 11 is 0. The maximum absolute atomic E-state index is 13.4.